The van der Waals surface area contributed by atoms with Crippen LogP contribution in [0.5, 0.6) is 0 Å². The van der Waals surface area contributed by atoms with Crippen LogP contribution in [0.4, 0.5) is 0 Å². The number of benzene rings is 1. The van der Waals surface area contributed by atoms with Gasteiger partial charge < -0.3 is 19.7 Å². The molecule has 1 aromatic carbocycles. The SMILES string of the molecule is C=COCCCCCCc1ccc(C(=O)O)c(CCCCCCOC=C)c1C(=O)O. The van der Waals surface area contributed by atoms with Gasteiger partial charge in [0.15, 0.2) is 0 Å². The maximum atomic E-state index is 12.0. The quantitative estimate of drug-likeness (QED) is 0.238. The van der Waals surface area contributed by atoms with Gasteiger partial charge in [0.1, 0.15) is 0 Å². The van der Waals surface area contributed by atoms with Crippen molar-refractivity contribution in [1.29, 1.82) is 0 Å². The molecule has 0 aliphatic heterocycles. The Labute approximate surface area is 179 Å². The summed E-state index contributed by atoms with van der Waals surface area (Å²) in [7, 11) is 0. The summed E-state index contributed by atoms with van der Waals surface area (Å²) in [5.41, 5.74) is 1.41. The fourth-order valence-corrected chi connectivity index (χ4v) is 3.49. The molecule has 0 saturated heterocycles. The number of carboxylic acids is 2. The zero-order valence-electron chi connectivity index (χ0n) is 17.7. The average molecular weight is 419 g/mol. The molecule has 0 radical (unpaired) electrons. The van der Waals surface area contributed by atoms with Gasteiger partial charge in [0.2, 0.25) is 0 Å². The molecule has 166 valence electrons. The van der Waals surface area contributed by atoms with E-state index >= 15 is 0 Å². The lowest BCUT2D eigenvalue weighted by Crippen LogP contribution is -2.13. The summed E-state index contributed by atoms with van der Waals surface area (Å²) < 4.78 is 10.2. The summed E-state index contributed by atoms with van der Waals surface area (Å²) in [5, 5.41) is 19.3. The Hall–Kier alpha value is -2.76. The van der Waals surface area contributed by atoms with Gasteiger partial charge in [-0.05, 0) is 55.7 Å². The van der Waals surface area contributed by atoms with E-state index in [-0.39, 0.29) is 11.1 Å². The van der Waals surface area contributed by atoms with E-state index < -0.39 is 11.9 Å². The smallest absolute Gasteiger partial charge is 0.336 e. The van der Waals surface area contributed by atoms with Crippen molar-refractivity contribution in [2.24, 2.45) is 0 Å². The summed E-state index contributed by atoms with van der Waals surface area (Å²) in [6, 6.07) is 3.21. The average Bonchev–Trinajstić information content (AvgIpc) is 2.71. The van der Waals surface area contributed by atoms with Gasteiger partial charge in [0.05, 0.1) is 36.9 Å². The van der Waals surface area contributed by atoms with Crippen molar-refractivity contribution in [3.8, 4) is 0 Å². The molecule has 6 heteroatoms. The van der Waals surface area contributed by atoms with Gasteiger partial charge >= 0.3 is 11.9 Å². The van der Waals surface area contributed by atoms with Crippen molar-refractivity contribution < 1.29 is 29.3 Å². The van der Waals surface area contributed by atoms with Gasteiger partial charge in [0.25, 0.3) is 0 Å². The summed E-state index contributed by atoms with van der Waals surface area (Å²) in [6.45, 7) is 8.25. The number of ether oxygens (including phenoxy) is 2. The summed E-state index contributed by atoms with van der Waals surface area (Å²) >= 11 is 0. The minimum atomic E-state index is -1.08. The molecular formula is C24H34O6. The van der Waals surface area contributed by atoms with Crippen LogP contribution in [0.2, 0.25) is 0 Å². The second kappa shape index (κ2) is 15.1. The van der Waals surface area contributed by atoms with E-state index in [0.29, 0.717) is 37.2 Å². The number of aromatic carboxylic acids is 2. The molecule has 0 unspecified atom stereocenters. The lowest BCUT2D eigenvalue weighted by atomic mass is 9.89. The van der Waals surface area contributed by atoms with Gasteiger partial charge in [-0.15, -0.1) is 0 Å². The lowest BCUT2D eigenvalue weighted by molar-refractivity contribution is 0.0694. The first kappa shape index (κ1) is 25.3. The molecule has 0 amide bonds. The molecular weight excluding hydrogens is 384 g/mol. The molecule has 0 aliphatic rings. The third-order valence-corrected chi connectivity index (χ3v) is 4.98. The topological polar surface area (TPSA) is 93.1 Å². The van der Waals surface area contributed by atoms with Crippen molar-refractivity contribution in [2.45, 2.75) is 64.2 Å². The third kappa shape index (κ3) is 9.16. The second-order valence-corrected chi connectivity index (χ2v) is 7.14. The Morgan fingerprint density at radius 1 is 0.767 bits per heavy atom. The van der Waals surface area contributed by atoms with Crippen molar-refractivity contribution in [1.82, 2.24) is 0 Å². The predicted molar refractivity (Wildman–Crippen MR) is 117 cm³/mol. The highest BCUT2D eigenvalue weighted by Crippen LogP contribution is 2.24. The fourth-order valence-electron chi connectivity index (χ4n) is 3.49. The largest absolute Gasteiger partial charge is 0.502 e. The van der Waals surface area contributed by atoms with Gasteiger partial charge in [-0.2, -0.15) is 0 Å². The Morgan fingerprint density at radius 3 is 1.80 bits per heavy atom. The minimum absolute atomic E-state index is 0.0905. The molecule has 0 aliphatic carbocycles. The summed E-state index contributed by atoms with van der Waals surface area (Å²) in [4.78, 5) is 23.6. The molecule has 0 fully saturated rings. The number of hydrogen-bond donors (Lipinski definition) is 2. The zero-order chi connectivity index (χ0) is 22.2. The highest BCUT2D eigenvalue weighted by atomic mass is 16.5. The van der Waals surface area contributed by atoms with Gasteiger partial charge in [0, 0.05) is 0 Å². The Bertz CT molecular complexity index is 695. The number of rotatable bonds is 18. The summed E-state index contributed by atoms with van der Waals surface area (Å²) in [6.07, 6.45) is 11.1. The molecule has 0 spiro atoms. The van der Waals surface area contributed by atoms with E-state index in [4.69, 9.17) is 9.47 Å². The van der Waals surface area contributed by atoms with Crippen molar-refractivity contribution in [2.75, 3.05) is 13.2 Å². The van der Waals surface area contributed by atoms with E-state index in [1.165, 1.54) is 12.5 Å². The van der Waals surface area contributed by atoms with Gasteiger partial charge in [-0.3, -0.25) is 0 Å². The second-order valence-electron chi connectivity index (χ2n) is 7.14. The Balaban J connectivity index is 2.76. The molecule has 0 heterocycles. The van der Waals surface area contributed by atoms with E-state index in [1.807, 2.05) is 0 Å². The minimum Gasteiger partial charge on any atom is -0.502 e. The van der Waals surface area contributed by atoms with Crippen LogP contribution in [-0.2, 0) is 22.3 Å². The zero-order valence-corrected chi connectivity index (χ0v) is 17.7. The molecule has 0 bridgehead atoms. The maximum Gasteiger partial charge on any atom is 0.336 e. The predicted octanol–water partition coefficient (Wildman–Crippen LogP) is 5.61. The highest BCUT2D eigenvalue weighted by molar-refractivity contribution is 5.97. The molecule has 1 aromatic rings. The number of unbranched alkanes of at least 4 members (excludes halogenated alkanes) is 6. The Kier molecular flexibility index (Phi) is 12.7. The van der Waals surface area contributed by atoms with E-state index in [9.17, 15) is 19.8 Å². The molecule has 30 heavy (non-hydrogen) atoms. The van der Waals surface area contributed by atoms with Gasteiger partial charge in [-0.1, -0.05) is 44.9 Å². The first-order valence-corrected chi connectivity index (χ1v) is 10.6. The van der Waals surface area contributed by atoms with Crippen LogP contribution in [0, 0.1) is 0 Å². The molecule has 0 aromatic heterocycles. The van der Waals surface area contributed by atoms with Crippen LogP contribution in [-0.4, -0.2) is 35.4 Å². The Morgan fingerprint density at radius 2 is 1.30 bits per heavy atom. The third-order valence-electron chi connectivity index (χ3n) is 4.98. The first-order valence-electron chi connectivity index (χ1n) is 10.6. The fraction of sp³-hybridized carbons (Fsp3) is 0.500. The van der Waals surface area contributed by atoms with E-state index in [0.717, 1.165) is 51.4 Å². The van der Waals surface area contributed by atoms with Crippen molar-refractivity contribution in [3.05, 3.63) is 60.1 Å². The van der Waals surface area contributed by atoms with Crippen molar-refractivity contribution >= 4 is 11.9 Å². The van der Waals surface area contributed by atoms with Crippen LogP contribution in [0.3, 0.4) is 0 Å². The monoisotopic (exact) mass is 418 g/mol. The van der Waals surface area contributed by atoms with Crippen LogP contribution in [0.1, 0.15) is 83.2 Å². The first-order chi connectivity index (χ1) is 14.5. The molecule has 1 rings (SSSR count). The lowest BCUT2D eigenvalue weighted by Gasteiger charge is -2.15. The highest BCUT2D eigenvalue weighted by Gasteiger charge is 2.21. The van der Waals surface area contributed by atoms with E-state index in [2.05, 4.69) is 13.2 Å². The summed E-state index contributed by atoms with van der Waals surface area (Å²) in [5.74, 6) is -2.14. The number of carbonyl (C=O) groups is 2. The molecule has 6 nitrogen and oxygen atoms in total. The van der Waals surface area contributed by atoms with Crippen LogP contribution < -0.4 is 0 Å². The maximum absolute atomic E-state index is 12.0. The molecule has 2 N–H and O–H groups in total. The number of hydrogen-bond acceptors (Lipinski definition) is 4. The van der Waals surface area contributed by atoms with Crippen LogP contribution in [0.25, 0.3) is 0 Å². The number of carboxylic acid groups (broad SMARTS) is 2. The molecule has 0 saturated carbocycles. The van der Waals surface area contributed by atoms with Crippen molar-refractivity contribution in [3.63, 3.8) is 0 Å². The number of aryl methyl sites for hydroxylation is 1. The van der Waals surface area contributed by atoms with Gasteiger partial charge in [-0.25, -0.2) is 9.59 Å². The van der Waals surface area contributed by atoms with Crippen LogP contribution >= 0.6 is 0 Å². The normalized spacial score (nSPS) is 10.4. The van der Waals surface area contributed by atoms with Crippen LogP contribution in [0.15, 0.2) is 37.8 Å². The van der Waals surface area contributed by atoms with E-state index in [1.54, 1.807) is 12.1 Å². The molecule has 0 atom stereocenters. The standard InChI is InChI=1S/C24H34O6/c1-3-29-17-11-7-5-9-13-19-15-16-21(23(25)26)20(22(19)24(27)28)14-10-6-8-12-18-30-4-2/h3-4,15-16H,1-2,5-14,17-18H2,(H,25,26)(H,27,28).